The predicted molar refractivity (Wildman–Crippen MR) is 115 cm³/mol. The fourth-order valence-corrected chi connectivity index (χ4v) is 4.59. The van der Waals surface area contributed by atoms with Crippen molar-refractivity contribution < 1.29 is 19.1 Å². The minimum atomic E-state index is -0.460. The van der Waals surface area contributed by atoms with Gasteiger partial charge < -0.3 is 19.9 Å². The fourth-order valence-electron chi connectivity index (χ4n) is 3.69. The Labute approximate surface area is 188 Å². The Balaban J connectivity index is 1.38. The molecule has 1 unspecified atom stereocenters. The largest absolute Gasteiger partial charge is 0.378 e. The van der Waals surface area contributed by atoms with E-state index >= 15 is 0 Å². The zero-order chi connectivity index (χ0) is 21.8. The lowest BCUT2D eigenvalue weighted by Gasteiger charge is -2.35. The number of benzene rings is 1. The van der Waals surface area contributed by atoms with E-state index in [0.29, 0.717) is 50.1 Å². The van der Waals surface area contributed by atoms with Crippen molar-refractivity contribution in [3.8, 4) is 0 Å². The molecule has 1 atom stereocenters. The summed E-state index contributed by atoms with van der Waals surface area (Å²) in [4.78, 5) is 41.6. The second-order valence-corrected chi connectivity index (χ2v) is 8.82. The molecule has 2 fully saturated rings. The standard InChI is InChI=1S/C20H22ClN5O4S/c21-14-4-1-5-15(11-14)22-16(27)17-23-24-18(31-17)20(29)26-6-2-3-13(12-26)19(28)25-7-9-30-10-8-25/h1,4-5,11,13H,2-3,6-10,12H2,(H,22,27). The number of ether oxygens (including phenoxy) is 1. The minimum absolute atomic E-state index is 0.0691. The summed E-state index contributed by atoms with van der Waals surface area (Å²) < 4.78 is 5.31. The van der Waals surface area contributed by atoms with E-state index in [4.69, 9.17) is 16.3 Å². The van der Waals surface area contributed by atoms with Crippen LogP contribution in [-0.4, -0.2) is 77.1 Å². The molecule has 1 aromatic carbocycles. The molecule has 3 amide bonds. The number of halogens is 1. The zero-order valence-electron chi connectivity index (χ0n) is 16.8. The molecule has 11 heteroatoms. The third kappa shape index (κ3) is 5.20. The SMILES string of the molecule is O=C(Nc1cccc(Cl)c1)c1nnc(C(=O)N2CCCC(C(=O)N3CCOCC3)C2)s1. The van der Waals surface area contributed by atoms with Gasteiger partial charge in [0.25, 0.3) is 11.8 Å². The fraction of sp³-hybridized carbons (Fsp3) is 0.450. The second kappa shape index (κ2) is 9.71. The maximum absolute atomic E-state index is 12.9. The summed E-state index contributed by atoms with van der Waals surface area (Å²) in [5.41, 5.74) is 0.529. The molecular formula is C20H22ClN5O4S. The van der Waals surface area contributed by atoms with Crippen LogP contribution in [0.25, 0.3) is 0 Å². The summed E-state index contributed by atoms with van der Waals surface area (Å²) in [5, 5.41) is 11.2. The number of nitrogens with one attached hydrogen (secondary N) is 1. The van der Waals surface area contributed by atoms with Crippen molar-refractivity contribution >= 4 is 46.3 Å². The van der Waals surface area contributed by atoms with Gasteiger partial charge in [0.05, 0.1) is 19.1 Å². The Bertz CT molecular complexity index is 978. The van der Waals surface area contributed by atoms with Gasteiger partial charge in [-0.1, -0.05) is 29.0 Å². The summed E-state index contributed by atoms with van der Waals surface area (Å²) >= 11 is 6.86. The third-order valence-electron chi connectivity index (χ3n) is 5.27. The van der Waals surface area contributed by atoms with Crippen molar-refractivity contribution in [3.63, 3.8) is 0 Å². The Morgan fingerprint density at radius 1 is 1.10 bits per heavy atom. The Hall–Kier alpha value is -2.56. The molecule has 0 radical (unpaired) electrons. The highest BCUT2D eigenvalue weighted by Crippen LogP contribution is 2.23. The van der Waals surface area contributed by atoms with Crippen molar-refractivity contribution in [3.05, 3.63) is 39.3 Å². The number of morpholine rings is 1. The van der Waals surface area contributed by atoms with E-state index in [1.54, 1.807) is 29.2 Å². The van der Waals surface area contributed by atoms with Crippen LogP contribution >= 0.6 is 22.9 Å². The summed E-state index contributed by atoms with van der Waals surface area (Å²) in [7, 11) is 0. The zero-order valence-corrected chi connectivity index (χ0v) is 18.3. The first-order valence-corrected chi connectivity index (χ1v) is 11.3. The lowest BCUT2D eigenvalue weighted by Crippen LogP contribution is -2.49. The van der Waals surface area contributed by atoms with Crippen LogP contribution < -0.4 is 5.32 Å². The number of likely N-dealkylation sites (tertiary alicyclic amines) is 1. The lowest BCUT2D eigenvalue weighted by molar-refractivity contribution is -0.141. The third-order valence-corrected chi connectivity index (χ3v) is 6.41. The van der Waals surface area contributed by atoms with Crippen LogP contribution in [0.15, 0.2) is 24.3 Å². The smallest absolute Gasteiger partial charge is 0.286 e. The quantitative estimate of drug-likeness (QED) is 0.745. The van der Waals surface area contributed by atoms with Gasteiger partial charge in [0.1, 0.15) is 0 Å². The topological polar surface area (TPSA) is 105 Å². The molecule has 0 bridgehead atoms. The number of hydrogen-bond acceptors (Lipinski definition) is 7. The summed E-state index contributed by atoms with van der Waals surface area (Å²) in [6, 6.07) is 6.74. The number of piperidine rings is 1. The summed E-state index contributed by atoms with van der Waals surface area (Å²) in [6.45, 7) is 3.17. The first-order valence-electron chi connectivity index (χ1n) is 10.1. The molecule has 4 rings (SSSR count). The molecule has 2 aliphatic heterocycles. The van der Waals surface area contributed by atoms with Crippen LogP contribution in [0.1, 0.15) is 32.4 Å². The van der Waals surface area contributed by atoms with Crippen molar-refractivity contribution in [2.45, 2.75) is 12.8 Å². The van der Waals surface area contributed by atoms with Crippen molar-refractivity contribution in [1.82, 2.24) is 20.0 Å². The maximum atomic E-state index is 12.9. The van der Waals surface area contributed by atoms with Crippen molar-refractivity contribution in [1.29, 1.82) is 0 Å². The van der Waals surface area contributed by atoms with Gasteiger partial charge in [-0.25, -0.2) is 0 Å². The second-order valence-electron chi connectivity index (χ2n) is 7.40. The molecule has 2 aliphatic rings. The van der Waals surface area contributed by atoms with Crippen LogP contribution in [0.2, 0.25) is 5.02 Å². The van der Waals surface area contributed by atoms with E-state index in [9.17, 15) is 14.4 Å². The van der Waals surface area contributed by atoms with Crippen LogP contribution in [0.4, 0.5) is 5.69 Å². The van der Waals surface area contributed by atoms with Crippen LogP contribution in [0.5, 0.6) is 0 Å². The number of amides is 3. The van der Waals surface area contributed by atoms with Crippen LogP contribution in [0.3, 0.4) is 0 Å². The molecule has 1 aromatic heterocycles. The minimum Gasteiger partial charge on any atom is -0.378 e. The first-order chi connectivity index (χ1) is 15.0. The molecule has 2 aromatic rings. The number of nitrogens with zero attached hydrogens (tertiary/aromatic N) is 4. The molecule has 0 saturated carbocycles. The average molecular weight is 464 g/mol. The first kappa shape index (κ1) is 21.7. The molecule has 0 spiro atoms. The summed E-state index contributed by atoms with van der Waals surface area (Å²) in [6.07, 6.45) is 1.50. The van der Waals surface area contributed by atoms with Gasteiger partial charge in [-0.3, -0.25) is 14.4 Å². The number of aromatic nitrogens is 2. The Morgan fingerprint density at radius 3 is 2.65 bits per heavy atom. The highest BCUT2D eigenvalue weighted by molar-refractivity contribution is 7.15. The van der Waals surface area contributed by atoms with Crippen molar-refractivity contribution in [2.24, 2.45) is 5.92 Å². The number of hydrogen-bond donors (Lipinski definition) is 1. The number of carbonyl (C=O) groups is 3. The maximum Gasteiger partial charge on any atom is 0.286 e. The van der Waals surface area contributed by atoms with Gasteiger partial charge in [0.15, 0.2) is 0 Å². The highest BCUT2D eigenvalue weighted by atomic mass is 35.5. The van der Waals surface area contributed by atoms with Gasteiger partial charge in [-0.05, 0) is 31.0 Å². The van der Waals surface area contributed by atoms with E-state index < -0.39 is 5.91 Å². The molecule has 0 aliphatic carbocycles. The van der Waals surface area contributed by atoms with E-state index in [1.807, 2.05) is 4.90 Å². The van der Waals surface area contributed by atoms with Gasteiger partial charge in [0, 0.05) is 36.9 Å². The molecule has 1 N–H and O–H groups in total. The molecule has 2 saturated heterocycles. The van der Waals surface area contributed by atoms with Gasteiger partial charge >= 0.3 is 0 Å². The van der Waals surface area contributed by atoms with Gasteiger partial charge in [-0.2, -0.15) is 0 Å². The van der Waals surface area contributed by atoms with Crippen molar-refractivity contribution in [2.75, 3.05) is 44.7 Å². The molecule has 3 heterocycles. The molecule has 9 nitrogen and oxygen atoms in total. The van der Waals surface area contributed by atoms with E-state index in [2.05, 4.69) is 15.5 Å². The van der Waals surface area contributed by atoms with E-state index in [1.165, 1.54) is 0 Å². The molecule has 164 valence electrons. The Kier molecular flexibility index (Phi) is 6.79. The van der Waals surface area contributed by atoms with E-state index in [0.717, 1.165) is 24.2 Å². The average Bonchev–Trinajstić information content (AvgIpc) is 3.29. The van der Waals surface area contributed by atoms with E-state index in [-0.39, 0.29) is 27.7 Å². The Morgan fingerprint density at radius 2 is 1.87 bits per heavy atom. The lowest BCUT2D eigenvalue weighted by atomic mass is 9.96. The molecule has 31 heavy (non-hydrogen) atoms. The molecular weight excluding hydrogens is 442 g/mol. The predicted octanol–water partition coefficient (Wildman–Crippen LogP) is 2.15. The highest BCUT2D eigenvalue weighted by Gasteiger charge is 2.33. The van der Waals surface area contributed by atoms with Gasteiger partial charge in [-0.15, -0.1) is 10.2 Å². The van der Waals surface area contributed by atoms with Crippen LogP contribution in [-0.2, 0) is 9.53 Å². The van der Waals surface area contributed by atoms with Crippen LogP contribution in [0, 0.1) is 5.92 Å². The number of anilines is 1. The summed E-state index contributed by atoms with van der Waals surface area (Å²) in [5.74, 6) is -0.925. The van der Waals surface area contributed by atoms with Gasteiger partial charge in [0.2, 0.25) is 15.9 Å². The monoisotopic (exact) mass is 463 g/mol. The number of carbonyl (C=O) groups excluding carboxylic acids is 3. The normalized spacial score (nSPS) is 19.2. The number of rotatable bonds is 4.